The molecule has 0 atom stereocenters. The molecule has 1 heterocycles. The van der Waals surface area contributed by atoms with Crippen molar-refractivity contribution in [1.29, 1.82) is 5.26 Å². The number of halogens is 2. The normalized spacial score (nSPS) is 10.9. The van der Waals surface area contributed by atoms with Gasteiger partial charge in [0.25, 0.3) is 0 Å². The molecule has 0 unspecified atom stereocenters. The van der Waals surface area contributed by atoms with Crippen LogP contribution in [-0.4, -0.2) is 26.5 Å². The van der Waals surface area contributed by atoms with Crippen LogP contribution in [0.4, 0.5) is 11.4 Å². The predicted molar refractivity (Wildman–Crippen MR) is 109 cm³/mol. The Bertz CT molecular complexity index is 1070. The topological polar surface area (TPSA) is 129 Å². The van der Waals surface area contributed by atoms with Crippen molar-refractivity contribution in [3.8, 4) is 17.6 Å². The molecule has 0 saturated carbocycles. The van der Waals surface area contributed by atoms with Gasteiger partial charge in [0.15, 0.2) is 5.75 Å². The number of tetrazole rings is 1. The minimum Gasteiger partial charge on any atom is -0.454 e. The Hall–Kier alpha value is -3.61. The average molecular weight is 430 g/mol. The lowest BCUT2D eigenvalue weighted by atomic mass is 10.2. The highest BCUT2D eigenvalue weighted by Gasteiger charge is 2.12. The molecule has 0 aliphatic rings. The minimum absolute atomic E-state index is 0.153. The van der Waals surface area contributed by atoms with E-state index in [0.29, 0.717) is 17.1 Å². The molecule has 0 radical (unpaired) electrons. The molecule has 3 rings (SSSR count). The number of hydrogen-bond acceptors (Lipinski definition) is 7. The van der Waals surface area contributed by atoms with Gasteiger partial charge in [-0.2, -0.15) is 10.5 Å². The van der Waals surface area contributed by atoms with Crippen molar-refractivity contribution in [2.24, 2.45) is 0 Å². The first-order valence-electron chi connectivity index (χ1n) is 8.11. The van der Waals surface area contributed by atoms with E-state index in [9.17, 15) is 10.1 Å². The molecule has 0 bridgehead atoms. The maximum Gasteiger partial charge on any atom is 0.221 e. The molecule has 9 nitrogen and oxygen atoms in total. The van der Waals surface area contributed by atoms with E-state index in [0.717, 1.165) is 0 Å². The fraction of sp³-hybridized carbons (Fsp3) is 0.0556. The van der Waals surface area contributed by atoms with E-state index in [2.05, 4.69) is 31.3 Å². The van der Waals surface area contributed by atoms with Crippen LogP contribution in [0.5, 0.6) is 11.5 Å². The molecule has 0 aliphatic heterocycles. The van der Waals surface area contributed by atoms with Gasteiger partial charge < -0.3 is 15.4 Å². The van der Waals surface area contributed by atoms with Gasteiger partial charge in [0.05, 0.1) is 10.0 Å². The number of H-pyrrole nitrogens is 1. The van der Waals surface area contributed by atoms with E-state index in [1.807, 2.05) is 6.07 Å². The SMILES string of the molecule is CC(=O)Nc1ccc(Oc2c(Cl)cc(NC=C(C#N)c3nn[nH]n3)cc2Cl)cc1. The zero-order valence-electron chi connectivity index (χ0n) is 14.9. The van der Waals surface area contributed by atoms with Crippen molar-refractivity contribution in [3.05, 3.63) is 58.5 Å². The highest BCUT2D eigenvalue weighted by molar-refractivity contribution is 6.37. The number of amides is 1. The number of nitriles is 1. The quantitative estimate of drug-likeness (QED) is 0.499. The first kappa shape index (κ1) is 20.1. The van der Waals surface area contributed by atoms with Crippen molar-refractivity contribution in [1.82, 2.24) is 20.6 Å². The molecular formula is C18H13Cl2N7O2. The number of carbonyl (C=O) groups is 1. The molecule has 3 N–H and O–H groups in total. The van der Waals surface area contributed by atoms with E-state index < -0.39 is 0 Å². The van der Waals surface area contributed by atoms with Crippen molar-refractivity contribution in [2.45, 2.75) is 6.92 Å². The molecule has 0 fully saturated rings. The monoisotopic (exact) mass is 429 g/mol. The molecule has 11 heteroatoms. The molecule has 0 saturated heterocycles. The summed E-state index contributed by atoms with van der Waals surface area (Å²) in [5.74, 6) is 0.752. The summed E-state index contributed by atoms with van der Waals surface area (Å²) >= 11 is 12.6. The molecule has 1 amide bonds. The van der Waals surface area contributed by atoms with Gasteiger partial charge in [-0.15, -0.1) is 10.2 Å². The van der Waals surface area contributed by atoms with Crippen molar-refractivity contribution in [3.63, 3.8) is 0 Å². The summed E-state index contributed by atoms with van der Waals surface area (Å²) in [7, 11) is 0. The Balaban J connectivity index is 1.75. The number of aromatic amines is 1. The average Bonchev–Trinajstić information content (AvgIpc) is 3.21. The number of ether oxygens (including phenoxy) is 1. The van der Waals surface area contributed by atoms with Crippen LogP contribution in [0.25, 0.3) is 5.57 Å². The van der Waals surface area contributed by atoms with Crippen LogP contribution in [0.2, 0.25) is 10.0 Å². The third-order valence-corrected chi connectivity index (χ3v) is 4.04. The zero-order chi connectivity index (χ0) is 20.8. The summed E-state index contributed by atoms with van der Waals surface area (Å²) in [6.45, 7) is 1.43. The Morgan fingerprint density at radius 2 is 1.90 bits per heavy atom. The molecular weight excluding hydrogens is 417 g/mol. The summed E-state index contributed by atoms with van der Waals surface area (Å²) in [5, 5.41) is 28.5. The number of allylic oxidation sites excluding steroid dienone is 1. The zero-order valence-corrected chi connectivity index (χ0v) is 16.4. The summed E-state index contributed by atoms with van der Waals surface area (Å²) in [6.07, 6.45) is 1.41. The van der Waals surface area contributed by atoms with Gasteiger partial charge in [0.2, 0.25) is 11.7 Å². The lowest BCUT2D eigenvalue weighted by molar-refractivity contribution is -0.114. The minimum atomic E-state index is -0.166. The number of nitrogens with one attached hydrogen (secondary N) is 3. The number of aromatic nitrogens is 4. The second kappa shape index (κ2) is 9.05. The number of rotatable bonds is 6. The summed E-state index contributed by atoms with van der Waals surface area (Å²) in [4.78, 5) is 11.1. The molecule has 3 aromatic rings. The number of hydrogen-bond donors (Lipinski definition) is 3. The van der Waals surface area contributed by atoms with Crippen LogP contribution >= 0.6 is 23.2 Å². The number of anilines is 2. The third kappa shape index (κ3) is 5.22. The largest absolute Gasteiger partial charge is 0.454 e. The molecule has 1 aromatic heterocycles. The summed E-state index contributed by atoms with van der Waals surface area (Å²) < 4.78 is 5.76. The first-order valence-corrected chi connectivity index (χ1v) is 8.87. The Kier molecular flexibility index (Phi) is 6.29. The second-order valence-electron chi connectivity index (χ2n) is 5.63. The Labute approximate surface area is 175 Å². The lowest BCUT2D eigenvalue weighted by Gasteiger charge is -2.12. The van der Waals surface area contributed by atoms with E-state index >= 15 is 0 Å². The summed E-state index contributed by atoms with van der Waals surface area (Å²) in [5.41, 5.74) is 1.35. The van der Waals surface area contributed by atoms with Crippen molar-refractivity contribution < 1.29 is 9.53 Å². The van der Waals surface area contributed by atoms with Crippen molar-refractivity contribution in [2.75, 3.05) is 10.6 Å². The number of benzene rings is 2. The van der Waals surface area contributed by atoms with E-state index in [4.69, 9.17) is 27.9 Å². The number of nitrogens with zero attached hydrogens (tertiary/aromatic N) is 4. The highest BCUT2D eigenvalue weighted by Crippen LogP contribution is 2.39. The van der Waals surface area contributed by atoms with Crippen LogP contribution in [0, 0.1) is 11.3 Å². The third-order valence-electron chi connectivity index (χ3n) is 3.48. The molecule has 29 heavy (non-hydrogen) atoms. The maximum absolute atomic E-state index is 11.1. The van der Waals surface area contributed by atoms with Crippen molar-refractivity contribution >= 4 is 46.1 Å². The van der Waals surface area contributed by atoms with Gasteiger partial charge in [0.1, 0.15) is 17.4 Å². The van der Waals surface area contributed by atoms with Crippen LogP contribution in [-0.2, 0) is 4.79 Å². The van der Waals surface area contributed by atoms with Gasteiger partial charge in [-0.3, -0.25) is 4.79 Å². The van der Waals surface area contributed by atoms with Crippen LogP contribution in [0.1, 0.15) is 12.7 Å². The fourth-order valence-corrected chi connectivity index (χ4v) is 2.81. The lowest BCUT2D eigenvalue weighted by Crippen LogP contribution is -2.05. The van der Waals surface area contributed by atoms with E-state index in [1.54, 1.807) is 36.4 Å². The molecule has 2 aromatic carbocycles. The second-order valence-corrected chi connectivity index (χ2v) is 6.44. The van der Waals surface area contributed by atoms with Crippen LogP contribution in [0.3, 0.4) is 0 Å². The van der Waals surface area contributed by atoms with Gasteiger partial charge in [-0.25, -0.2) is 0 Å². The fourth-order valence-electron chi connectivity index (χ4n) is 2.25. The van der Waals surface area contributed by atoms with E-state index in [1.165, 1.54) is 13.1 Å². The Morgan fingerprint density at radius 1 is 1.21 bits per heavy atom. The molecule has 146 valence electrons. The Morgan fingerprint density at radius 3 is 2.45 bits per heavy atom. The maximum atomic E-state index is 11.1. The van der Waals surface area contributed by atoms with E-state index in [-0.39, 0.29) is 33.1 Å². The number of carbonyl (C=O) groups excluding carboxylic acids is 1. The highest BCUT2D eigenvalue weighted by atomic mass is 35.5. The summed E-state index contributed by atoms with van der Waals surface area (Å²) in [6, 6.07) is 11.9. The molecule has 0 aliphatic carbocycles. The molecule has 0 spiro atoms. The smallest absolute Gasteiger partial charge is 0.221 e. The van der Waals surface area contributed by atoms with Gasteiger partial charge >= 0.3 is 0 Å². The van der Waals surface area contributed by atoms with Gasteiger partial charge in [-0.05, 0) is 41.6 Å². The van der Waals surface area contributed by atoms with Crippen LogP contribution in [0.15, 0.2) is 42.6 Å². The first-order chi connectivity index (χ1) is 14.0. The van der Waals surface area contributed by atoms with Gasteiger partial charge in [-0.1, -0.05) is 23.2 Å². The standard InChI is InChI=1S/C18H13Cl2N7O2/c1-10(28)23-12-2-4-14(5-3-12)29-17-15(19)6-13(7-16(17)20)22-9-11(8-21)18-24-26-27-25-18/h2-7,9,22H,1H3,(H,23,28)(H,24,25,26,27). The van der Waals surface area contributed by atoms with Gasteiger partial charge in [0, 0.05) is 24.5 Å². The van der Waals surface area contributed by atoms with Crippen LogP contribution < -0.4 is 15.4 Å². The predicted octanol–water partition coefficient (Wildman–Crippen LogP) is 4.23.